The van der Waals surface area contributed by atoms with Crippen molar-refractivity contribution in [3.63, 3.8) is 0 Å². The van der Waals surface area contributed by atoms with Gasteiger partial charge in [-0.1, -0.05) is 22.0 Å². The number of esters is 1. The van der Waals surface area contributed by atoms with Crippen molar-refractivity contribution in [3.8, 4) is 0 Å². The first-order chi connectivity index (χ1) is 7.61. The van der Waals surface area contributed by atoms with Crippen LogP contribution in [0.4, 0.5) is 5.69 Å². The second kappa shape index (κ2) is 6.50. The third-order valence-corrected chi connectivity index (χ3v) is 2.49. The Labute approximate surface area is 103 Å². The Morgan fingerprint density at radius 3 is 3.00 bits per heavy atom. The summed E-state index contributed by atoms with van der Waals surface area (Å²) in [6.07, 6.45) is -0.747. The van der Waals surface area contributed by atoms with E-state index >= 15 is 0 Å². The Morgan fingerprint density at radius 1 is 1.62 bits per heavy atom. The fourth-order valence-corrected chi connectivity index (χ4v) is 1.58. The SMILES string of the molecule is COC(=O)CC(O)CNc1cccc(Br)c1. The number of ether oxygens (including phenoxy) is 1. The van der Waals surface area contributed by atoms with Crippen LogP contribution in [0.15, 0.2) is 28.7 Å². The molecule has 0 aromatic heterocycles. The molecule has 0 amide bonds. The lowest BCUT2D eigenvalue weighted by molar-refractivity contribution is -0.142. The van der Waals surface area contributed by atoms with Crippen molar-refractivity contribution < 1.29 is 14.6 Å². The molecule has 1 aromatic rings. The van der Waals surface area contributed by atoms with Gasteiger partial charge >= 0.3 is 5.97 Å². The summed E-state index contributed by atoms with van der Waals surface area (Å²) >= 11 is 3.34. The fraction of sp³-hybridized carbons (Fsp3) is 0.364. The standard InChI is InChI=1S/C11H14BrNO3/c1-16-11(15)6-10(14)7-13-9-4-2-3-8(12)5-9/h2-5,10,13-14H,6-7H2,1H3. The molecular weight excluding hydrogens is 274 g/mol. The maximum absolute atomic E-state index is 10.9. The zero-order valence-electron chi connectivity index (χ0n) is 8.94. The predicted octanol–water partition coefficient (Wildman–Crippen LogP) is 1.78. The van der Waals surface area contributed by atoms with E-state index in [1.54, 1.807) is 0 Å². The second-order valence-corrected chi connectivity index (χ2v) is 4.24. The molecule has 0 bridgehead atoms. The summed E-state index contributed by atoms with van der Waals surface area (Å²) in [7, 11) is 1.30. The van der Waals surface area contributed by atoms with E-state index in [1.165, 1.54) is 7.11 Å². The van der Waals surface area contributed by atoms with Crippen LogP contribution in [0.5, 0.6) is 0 Å². The molecule has 5 heteroatoms. The Morgan fingerprint density at radius 2 is 2.38 bits per heavy atom. The quantitative estimate of drug-likeness (QED) is 0.811. The molecule has 0 spiro atoms. The molecule has 1 unspecified atom stereocenters. The monoisotopic (exact) mass is 287 g/mol. The summed E-state index contributed by atoms with van der Waals surface area (Å²) in [6.45, 7) is 0.311. The number of methoxy groups -OCH3 is 1. The van der Waals surface area contributed by atoms with Gasteiger partial charge in [-0.05, 0) is 18.2 Å². The maximum atomic E-state index is 10.9. The summed E-state index contributed by atoms with van der Waals surface area (Å²) in [4.78, 5) is 10.9. The van der Waals surface area contributed by atoms with Crippen molar-refractivity contribution >= 4 is 27.6 Å². The molecule has 0 saturated carbocycles. The van der Waals surface area contributed by atoms with Gasteiger partial charge in [0, 0.05) is 16.7 Å². The third kappa shape index (κ3) is 4.63. The maximum Gasteiger partial charge on any atom is 0.308 e. The van der Waals surface area contributed by atoms with Crippen LogP contribution in [0.3, 0.4) is 0 Å². The molecule has 0 fully saturated rings. The average molecular weight is 288 g/mol. The fourth-order valence-electron chi connectivity index (χ4n) is 1.18. The summed E-state index contributed by atoms with van der Waals surface area (Å²) < 4.78 is 5.42. The van der Waals surface area contributed by atoms with Crippen molar-refractivity contribution in [3.05, 3.63) is 28.7 Å². The number of nitrogens with one attached hydrogen (secondary N) is 1. The van der Waals surface area contributed by atoms with Crippen LogP contribution >= 0.6 is 15.9 Å². The van der Waals surface area contributed by atoms with Gasteiger partial charge in [-0.15, -0.1) is 0 Å². The van der Waals surface area contributed by atoms with Crippen LogP contribution in [0.25, 0.3) is 0 Å². The molecule has 0 aliphatic heterocycles. The molecular formula is C11H14BrNO3. The minimum atomic E-state index is -0.744. The Bertz CT molecular complexity index is 357. The first-order valence-electron chi connectivity index (χ1n) is 4.86. The van der Waals surface area contributed by atoms with Crippen LogP contribution in [-0.2, 0) is 9.53 Å². The number of aliphatic hydroxyl groups is 1. The largest absolute Gasteiger partial charge is 0.469 e. The minimum absolute atomic E-state index is 0.00248. The van der Waals surface area contributed by atoms with Gasteiger partial charge < -0.3 is 15.2 Å². The first-order valence-corrected chi connectivity index (χ1v) is 5.65. The molecule has 1 aromatic carbocycles. The minimum Gasteiger partial charge on any atom is -0.469 e. The topological polar surface area (TPSA) is 58.6 Å². The van der Waals surface area contributed by atoms with Gasteiger partial charge in [-0.25, -0.2) is 0 Å². The molecule has 1 rings (SSSR count). The number of halogens is 1. The predicted molar refractivity (Wildman–Crippen MR) is 65.3 cm³/mol. The number of rotatable bonds is 5. The molecule has 0 radical (unpaired) electrons. The van der Waals surface area contributed by atoms with Gasteiger partial charge in [0.2, 0.25) is 0 Å². The third-order valence-electron chi connectivity index (χ3n) is 2.00. The van der Waals surface area contributed by atoms with Crippen LogP contribution in [-0.4, -0.2) is 30.8 Å². The van der Waals surface area contributed by atoms with Crippen LogP contribution in [0, 0.1) is 0 Å². The van der Waals surface area contributed by atoms with E-state index in [2.05, 4.69) is 26.0 Å². The zero-order valence-corrected chi connectivity index (χ0v) is 10.5. The lowest BCUT2D eigenvalue weighted by Gasteiger charge is -2.11. The highest BCUT2D eigenvalue weighted by atomic mass is 79.9. The Balaban J connectivity index is 2.37. The molecule has 0 aliphatic carbocycles. The normalized spacial score (nSPS) is 11.9. The first kappa shape index (κ1) is 13.0. The van der Waals surface area contributed by atoms with Gasteiger partial charge in [0.15, 0.2) is 0 Å². The molecule has 16 heavy (non-hydrogen) atoms. The van der Waals surface area contributed by atoms with Crippen LogP contribution in [0.2, 0.25) is 0 Å². The highest BCUT2D eigenvalue weighted by molar-refractivity contribution is 9.10. The number of hydrogen-bond acceptors (Lipinski definition) is 4. The van der Waals surface area contributed by atoms with Crippen LogP contribution < -0.4 is 5.32 Å². The van der Waals surface area contributed by atoms with Crippen LogP contribution in [0.1, 0.15) is 6.42 Å². The molecule has 1 atom stereocenters. The molecule has 0 heterocycles. The highest BCUT2D eigenvalue weighted by Crippen LogP contribution is 2.15. The molecule has 88 valence electrons. The lowest BCUT2D eigenvalue weighted by atomic mass is 10.2. The molecule has 4 nitrogen and oxygen atoms in total. The van der Waals surface area contributed by atoms with Gasteiger partial charge in [0.25, 0.3) is 0 Å². The van der Waals surface area contributed by atoms with Gasteiger partial charge in [0.05, 0.1) is 19.6 Å². The van der Waals surface area contributed by atoms with Gasteiger partial charge in [-0.2, -0.15) is 0 Å². The number of hydrogen-bond donors (Lipinski definition) is 2. The second-order valence-electron chi connectivity index (χ2n) is 3.33. The smallest absolute Gasteiger partial charge is 0.308 e. The summed E-state index contributed by atoms with van der Waals surface area (Å²) in [5, 5.41) is 12.5. The van der Waals surface area contributed by atoms with Gasteiger partial charge in [0.1, 0.15) is 0 Å². The van der Waals surface area contributed by atoms with E-state index in [-0.39, 0.29) is 6.42 Å². The number of anilines is 1. The molecule has 0 aliphatic rings. The van der Waals surface area contributed by atoms with E-state index < -0.39 is 12.1 Å². The van der Waals surface area contributed by atoms with Crippen molar-refractivity contribution in [2.24, 2.45) is 0 Å². The number of carbonyl (C=O) groups excluding carboxylic acids is 1. The lowest BCUT2D eigenvalue weighted by Crippen LogP contribution is -2.23. The van der Waals surface area contributed by atoms with Crippen molar-refractivity contribution in [1.29, 1.82) is 0 Å². The van der Waals surface area contributed by atoms with E-state index in [0.717, 1.165) is 10.2 Å². The zero-order chi connectivity index (χ0) is 12.0. The average Bonchev–Trinajstić information content (AvgIpc) is 2.26. The van der Waals surface area contributed by atoms with E-state index in [0.29, 0.717) is 6.54 Å². The number of carbonyl (C=O) groups is 1. The van der Waals surface area contributed by atoms with Crippen molar-refractivity contribution in [1.82, 2.24) is 0 Å². The number of aliphatic hydroxyl groups excluding tert-OH is 1. The Kier molecular flexibility index (Phi) is 5.28. The summed E-state index contributed by atoms with van der Waals surface area (Å²) in [6, 6.07) is 7.58. The summed E-state index contributed by atoms with van der Waals surface area (Å²) in [5.41, 5.74) is 0.887. The van der Waals surface area contributed by atoms with Gasteiger partial charge in [-0.3, -0.25) is 4.79 Å². The van der Waals surface area contributed by atoms with Crippen molar-refractivity contribution in [2.75, 3.05) is 19.0 Å². The van der Waals surface area contributed by atoms with E-state index in [4.69, 9.17) is 0 Å². The van der Waals surface area contributed by atoms with Crippen molar-refractivity contribution in [2.45, 2.75) is 12.5 Å². The molecule has 0 saturated heterocycles. The van der Waals surface area contributed by atoms with E-state index in [1.807, 2.05) is 24.3 Å². The number of benzene rings is 1. The summed E-state index contributed by atoms with van der Waals surface area (Å²) in [5.74, 6) is -0.413. The Hall–Kier alpha value is -1.07. The molecule has 2 N–H and O–H groups in total. The highest BCUT2D eigenvalue weighted by Gasteiger charge is 2.10. The van der Waals surface area contributed by atoms with E-state index in [9.17, 15) is 9.90 Å².